The maximum Gasteiger partial charge on any atom is 0.0498 e. The fourth-order valence-electron chi connectivity index (χ4n) is 3.87. The van der Waals surface area contributed by atoms with Crippen LogP contribution in [0.3, 0.4) is 0 Å². The van der Waals surface area contributed by atoms with Crippen LogP contribution in [0, 0.1) is 5.92 Å². The summed E-state index contributed by atoms with van der Waals surface area (Å²) in [5.41, 5.74) is 1.22. The van der Waals surface area contributed by atoms with E-state index in [9.17, 15) is 0 Å². The third kappa shape index (κ3) is 4.02. The summed E-state index contributed by atoms with van der Waals surface area (Å²) in [6, 6.07) is 7.69. The minimum Gasteiger partial charge on any atom is -0.381 e. The van der Waals surface area contributed by atoms with E-state index in [0.717, 1.165) is 14.9 Å². The second-order valence-electron chi connectivity index (χ2n) is 6.38. The number of piperidine rings is 1. The Labute approximate surface area is 144 Å². The van der Waals surface area contributed by atoms with Crippen molar-refractivity contribution < 1.29 is 0 Å². The molecule has 2 fully saturated rings. The molecule has 0 bridgehead atoms. The van der Waals surface area contributed by atoms with E-state index in [4.69, 9.17) is 0 Å². The highest BCUT2D eigenvalue weighted by molar-refractivity contribution is 9.11. The van der Waals surface area contributed by atoms with Crippen molar-refractivity contribution in [3.05, 3.63) is 27.1 Å². The van der Waals surface area contributed by atoms with Gasteiger partial charge in [-0.3, -0.25) is 0 Å². The Bertz CT molecular complexity index is 472. The fraction of sp³-hybridized carbons (Fsp3) is 0.647. The van der Waals surface area contributed by atoms with Crippen molar-refractivity contribution in [1.29, 1.82) is 0 Å². The van der Waals surface area contributed by atoms with Crippen molar-refractivity contribution >= 4 is 37.5 Å². The quantitative estimate of drug-likeness (QED) is 0.697. The van der Waals surface area contributed by atoms with Gasteiger partial charge in [0.1, 0.15) is 0 Å². The molecule has 116 valence electrons. The molecule has 1 saturated heterocycles. The minimum absolute atomic E-state index is 0.597. The number of benzene rings is 1. The molecule has 1 heterocycles. The molecule has 1 saturated carbocycles. The zero-order chi connectivity index (χ0) is 14.7. The molecule has 4 heteroatoms. The molecule has 3 unspecified atom stereocenters. The third-order valence-electron chi connectivity index (χ3n) is 4.95. The molecular weight excluding hydrogens is 392 g/mol. The highest BCUT2D eigenvalue weighted by Crippen LogP contribution is 2.34. The van der Waals surface area contributed by atoms with Crippen LogP contribution in [-0.4, -0.2) is 18.6 Å². The van der Waals surface area contributed by atoms with E-state index in [1.54, 1.807) is 0 Å². The fourth-order valence-corrected chi connectivity index (χ4v) is 4.59. The van der Waals surface area contributed by atoms with Crippen molar-refractivity contribution in [3.63, 3.8) is 0 Å². The Balaban J connectivity index is 1.73. The number of nitrogens with one attached hydrogen (secondary N) is 2. The minimum atomic E-state index is 0.597. The van der Waals surface area contributed by atoms with Crippen molar-refractivity contribution in [1.82, 2.24) is 5.32 Å². The SMILES string of the molecule is Brc1ccc(Br)c(NC2CCCCC2C2CCCCN2)c1. The molecule has 1 aliphatic carbocycles. The molecular formula is C17H24Br2N2. The number of hydrogen-bond donors (Lipinski definition) is 2. The van der Waals surface area contributed by atoms with Gasteiger partial charge in [0, 0.05) is 26.7 Å². The van der Waals surface area contributed by atoms with E-state index in [1.165, 1.54) is 57.2 Å². The summed E-state index contributed by atoms with van der Waals surface area (Å²) in [6.45, 7) is 1.20. The third-order valence-corrected chi connectivity index (χ3v) is 6.14. The van der Waals surface area contributed by atoms with Gasteiger partial charge in [0.25, 0.3) is 0 Å². The van der Waals surface area contributed by atoms with Gasteiger partial charge < -0.3 is 10.6 Å². The lowest BCUT2D eigenvalue weighted by Gasteiger charge is -2.40. The summed E-state index contributed by atoms with van der Waals surface area (Å²) in [5.74, 6) is 0.768. The molecule has 0 radical (unpaired) electrons. The lowest BCUT2D eigenvalue weighted by molar-refractivity contribution is 0.217. The van der Waals surface area contributed by atoms with Crippen LogP contribution in [0.5, 0.6) is 0 Å². The predicted molar refractivity (Wildman–Crippen MR) is 96.9 cm³/mol. The van der Waals surface area contributed by atoms with Crippen LogP contribution in [-0.2, 0) is 0 Å². The monoisotopic (exact) mass is 414 g/mol. The summed E-state index contributed by atoms with van der Waals surface area (Å²) in [4.78, 5) is 0. The maximum atomic E-state index is 3.82. The van der Waals surface area contributed by atoms with Gasteiger partial charge in [0.05, 0.1) is 0 Å². The first-order valence-corrected chi connectivity index (χ1v) is 9.77. The van der Waals surface area contributed by atoms with Crippen LogP contribution in [0.25, 0.3) is 0 Å². The second kappa shape index (κ2) is 7.47. The zero-order valence-corrected chi connectivity index (χ0v) is 15.5. The largest absolute Gasteiger partial charge is 0.381 e. The number of hydrogen-bond acceptors (Lipinski definition) is 2. The summed E-state index contributed by atoms with van der Waals surface area (Å²) < 4.78 is 2.29. The molecule has 21 heavy (non-hydrogen) atoms. The lowest BCUT2D eigenvalue weighted by Crippen LogP contribution is -2.48. The van der Waals surface area contributed by atoms with Crippen LogP contribution >= 0.6 is 31.9 Å². The zero-order valence-electron chi connectivity index (χ0n) is 12.4. The first kappa shape index (κ1) is 15.8. The molecule has 2 N–H and O–H groups in total. The van der Waals surface area contributed by atoms with E-state index in [0.29, 0.717) is 12.1 Å². The molecule has 2 aliphatic rings. The second-order valence-corrected chi connectivity index (χ2v) is 8.15. The van der Waals surface area contributed by atoms with Gasteiger partial charge in [0.2, 0.25) is 0 Å². The Morgan fingerprint density at radius 2 is 1.81 bits per heavy atom. The molecule has 2 nitrogen and oxygen atoms in total. The Morgan fingerprint density at radius 1 is 1.00 bits per heavy atom. The van der Waals surface area contributed by atoms with Crippen molar-refractivity contribution in [3.8, 4) is 0 Å². The van der Waals surface area contributed by atoms with E-state index >= 15 is 0 Å². The summed E-state index contributed by atoms with van der Waals surface area (Å²) in [5, 5.41) is 7.59. The Kier molecular flexibility index (Phi) is 5.63. The highest BCUT2D eigenvalue weighted by Gasteiger charge is 2.32. The molecule has 1 aromatic rings. The first-order valence-electron chi connectivity index (χ1n) is 8.19. The average molecular weight is 416 g/mol. The van der Waals surface area contributed by atoms with Gasteiger partial charge >= 0.3 is 0 Å². The lowest BCUT2D eigenvalue weighted by atomic mass is 9.77. The van der Waals surface area contributed by atoms with Crippen LogP contribution in [0.4, 0.5) is 5.69 Å². The van der Waals surface area contributed by atoms with Gasteiger partial charge in [-0.2, -0.15) is 0 Å². The molecule has 0 amide bonds. The number of rotatable bonds is 3. The average Bonchev–Trinajstić information content (AvgIpc) is 2.52. The van der Waals surface area contributed by atoms with Gasteiger partial charge in [-0.05, 0) is 72.3 Å². The van der Waals surface area contributed by atoms with E-state index in [1.807, 2.05) is 0 Å². The molecule has 0 aromatic heterocycles. The van der Waals surface area contributed by atoms with Crippen LogP contribution < -0.4 is 10.6 Å². The Morgan fingerprint density at radius 3 is 2.62 bits per heavy atom. The van der Waals surface area contributed by atoms with Crippen molar-refractivity contribution in [2.24, 2.45) is 5.92 Å². The molecule has 1 aliphatic heterocycles. The van der Waals surface area contributed by atoms with Crippen LogP contribution in [0.1, 0.15) is 44.9 Å². The maximum absolute atomic E-state index is 3.82. The van der Waals surface area contributed by atoms with Gasteiger partial charge in [-0.15, -0.1) is 0 Å². The molecule has 3 rings (SSSR count). The van der Waals surface area contributed by atoms with Gasteiger partial charge in [-0.25, -0.2) is 0 Å². The van der Waals surface area contributed by atoms with E-state index in [2.05, 4.69) is 60.7 Å². The normalized spacial score (nSPS) is 30.1. The summed E-state index contributed by atoms with van der Waals surface area (Å²) in [7, 11) is 0. The van der Waals surface area contributed by atoms with Crippen molar-refractivity contribution in [2.75, 3.05) is 11.9 Å². The first-order chi connectivity index (χ1) is 10.2. The van der Waals surface area contributed by atoms with Crippen molar-refractivity contribution in [2.45, 2.75) is 57.0 Å². The van der Waals surface area contributed by atoms with Crippen LogP contribution in [0.2, 0.25) is 0 Å². The summed E-state index contributed by atoms with van der Waals surface area (Å²) in [6.07, 6.45) is 9.48. The standard InChI is InChI=1S/C17H24Br2N2/c18-12-8-9-14(19)17(11-12)21-16-7-2-1-5-13(16)15-6-3-4-10-20-15/h8-9,11,13,15-16,20-21H,1-7,10H2. The summed E-state index contributed by atoms with van der Waals surface area (Å²) >= 11 is 7.25. The number of halogens is 2. The van der Waals surface area contributed by atoms with Gasteiger partial charge in [0.15, 0.2) is 0 Å². The molecule has 0 spiro atoms. The van der Waals surface area contributed by atoms with Gasteiger partial charge in [-0.1, -0.05) is 35.2 Å². The smallest absolute Gasteiger partial charge is 0.0498 e. The number of anilines is 1. The van der Waals surface area contributed by atoms with Crippen LogP contribution in [0.15, 0.2) is 27.1 Å². The van der Waals surface area contributed by atoms with E-state index < -0.39 is 0 Å². The Hall–Kier alpha value is -0.0600. The highest BCUT2D eigenvalue weighted by atomic mass is 79.9. The predicted octanol–water partition coefficient (Wildman–Crippen LogP) is 5.32. The topological polar surface area (TPSA) is 24.1 Å². The molecule has 1 aromatic carbocycles. The van der Waals surface area contributed by atoms with E-state index in [-0.39, 0.29) is 0 Å². The molecule has 3 atom stereocenters.